The van der Waals surface area contributed by atoms with Crippen LogP contribution in [0.4, 0.5) is 0 Å². The summed E-state index contributed by atoms with van der Waals surface area (Å²) in [4.78, 5) is 12.9. The fourth-order valence-corrected chi connectivity index (χ4v) is 1.85. The summed E-state index contributed by atoms with van der Waals surface area (Å²) in [6.07, 6.45) is 3.31. The standard InChI is InChI=1S/C13H15NO4/c1-9-5-11(18-12(9)13(15)16)7-14(2)6-10-3-4-17-8-10/h3-5,8H,6-7H2,1-2H3,(H,15,16). The van der Waals surface area contributed by atoms with Crippen molar-refractivity contribution in [1.82, 2.24) is 4.90 Å². The molecule has 0 spiro atoms. The van der Waals surface area contributed by atoms with E-state index < -0.39 is 5.97 Å². The molecule has 1 N–H and O–H groups in total. The minimum atomic E-state index is -1.03. The lowest BCUT2D eigenvalue weighted by Gasteiger charge is -2.13. The minimum Gasteiger partial charge on any atom is -0.475 e. The van der Waals surface area contributed by atoms with Gasteiger partial charge in [0.15, 0.2) is 0 Å². The number of aromatic carboxylic acids is 1. The third-order valence-electron chi connectivity index (χ3n) is 2.62. The number of hydrogen-bond acceptors (Lipinski definition) is 4. The van der Waals surface area contributed by atoms with Gasteiger partial charge in [0.1, 0.15) is 5.76 Å². The first-order chi connectivity index (χ1) is 8.56. The molecule has 5 nitrogen and oxygen atoms in total. The van der Waals surface area contributed by atoms with Crippen LogP contribution in [0.2, 0.25) is 0 Å². The maximum Gasteiger partial charge on any atom is 0.372 e. The van der Waals surface area contributed by atoms with Crippen molar-refractivity contribution < 1.29 is 18.7 Å². The average Bonchev–Trinajstić information content (AvgIpc) is 2.88. The quantitative estimate of drug-likeness (QED) is 0.881. The van der Waals surface area contributed by atoms with E-state index in [0.717, 1.165) is 12.1 Å². The summed E-state index contributed by atoms with van der Waals surface area (Å²) in [5.41, 5.74) is 1.72. The molecule has 0 unspecified atom stereocenters. The van der Waals surface area contributed by atoms with E-state index in [-0.39, 0.29) is 5.76 Å². The van der Waals surface area contributed by atoms with Gasteiger partial charge >= 0.3 is 5.97 Å². The number of nitrogens with zero attached hydrogens (tertiary/aromatic N) is 1. The van der Waals surface area contributed by atoms with Crippen molar-refractivity contribution in [3.8, 4) is 0 Å². The fourth-order valence-electron chi connectivity index (χ4n) is 1.85. The molecular weight excluding hydrogens is 234 g/mol. The zero-order chi connectivity index (χ0) is 13.1. The molecule has 2 aromatic rings. The number of carboxylic acid groups (broad SMARTS) is 1. The molecule has 2 rings (SSSR count). The van der Waals surface area contributed by atoms with E-state index in [1.54, 1.807) is 25.5 Å². The van der Waals surface area contributed by atoms with E-state index in [1.165, 1.54) is 0 Å². The lowest BCUT2D eigenvalue weighted by molar-refractivity contribution is 0.0657. The largest absolute Gasteiger partial charge is 0.475 e. The van der Waals surface area contributed by atoms with Gasteiger partial charge in [0.2, 0.25) is 5.76 Å². The van der Waals surface area contributed by atoms with Crippen LogP contribution < -0.4 is 0 Å². The second-order valence-corrected chi connectivity index (χ2v) is 4.33. The van der Waals surface area contributed by atoms with Crippen LogP contribution in [0.3, 0.4) is 0 Å². The Morgan fingerprint density at radius 3 is 2.78 bits per heavy atom. The first kappa shape index (κ1) is 12.4. The second-order valence-electron chi connectivity index (χ2n) is 4.33. The van der Waals surface area contributed by atoms with Crippen molar-refractivity contribution in [3.05, 3.63) is 47.3 Å². The van der Waals surface area contributed by atoms with E-state index in [4.69, 9.17) is 13.9 Å². The molecule has 0 radical (unpaired) electrons. The molecule has 0 bridgehead atoms. The van der Waals surface area contributed by atoms with E-state index in [2.05, 4.69) is 0 Å². The number of carbonyl (C=O) groups is 1. The van der Waals surface area contributed by atoms with Gasteiger partial charge in [-0.25, -0.2) is 4.79 Å². The Bertz CT molecular complexity index is 527. The molecule has 5 heteroatoms. The van der Waals surface area contributed by atoms with Crippen LogP contribution in [-0.4, -0.2) is 23.0 Å². The highest BCUT2D eigenvalue weighted by Gasteiger charge is 2.15. The molecule has 0 amide bonds. The van der Waals surface area contributed by atoms with Gasteiger partial charge in [0.25, 0.3) is 0 Å². The predicted octanol–water partition coefficient (Wildman–Crippen LogP) is 2.51. The Morgan fingerprint density at radius 2 is 2.22 bits per heavy atom. The average molecular weight is 249 g/mol. The molecule has 0 saturated carbocycles. The molecule has 0 aliphatic rings. The molecule has 96 valence electrons. The first-order valence-corrected chi connectivity index (χ1v) is 5.58. The van der Waals surface area contributed by atoms with Crippen LogP contribution in [0, 0.1) is 6.92 Å². The Labute approximate surface area is 105 Å². The lowest BCUT2D eigenvalue weighted by atomic mass is 10.2. The number of carboxylic acids is 1. The van der Waals surface area contributed by atoms with Crippen LogP contribution in [0.25, 0.3) is 0 Å². The van der Waals surface area contributed by atoms with E-state index >= 15 is 0 Å². The molecular formula is C13H15NO4. The second kappa shape index (κ2) is 5.10. The Morgan fingerprint density at radius 1 is 1.44 bits per heavy atom. The lowest BCUT2D eigenvalue weighted by Crippen LogP contribution is -2.16. The summed E-state index contributed by atoms with van der Waals surface area (Å²) >= 11 is 0. The highest BCUT2D eigenvalue weighted by atomic mass is 16.4. The fraction of sp³-hybridized carbons (Fsp3) is 0.308. The predicted molar refractivity (Wildman–Crippen MR) is 64.3 cm³/mol. The minimum absolute atomic E-state index is 0.0155. The molecule has 2 heterocycles. The van der Waals surface area contributed by atoms with Gasteiger partial charge in [-0.2, -0.15) is 0 Å². The maximum atomic E-state index is 10.9. The normalized spacial score (nSPS) is 11.1. The van der Waals surface area contributed by atoms with E-state index in [1.807, 2.05) is 18.0 Å². The summed E-state index contributed by atoms with van der Waals surface area (Å²) in [7, 11) is 1.94. The van der Waals surface area contributed by atoms with Gasteiger partial charge < -0.3 is 13.9 Å². The van der Waals surface area contributed by atoms with Crippen molar-refractivity contribution in [3.63, 3.8) is 0 Å². The zero-order valence-corrected chi connectivity index (χ0v) is 10.3. The molecule has 2 aromatic heterocycles. The first-order valence-electron chi connectivity index (χ1n) is 5.58. The molecule has 0 aliphatic heterocycles. The molecule has 0 aliphatic carbocycles. The van der Waals surface area contributed by atoms with Crippen molar-refractivity contribution in [2.24, 2.45) is 0 Å². The van der Waals surface area contributed by atoms with Gasteiger partial charge in [0, 0.05) is 17.7 Å². The van der Waals surface area contributed by atoms with Crippen LogP contribution in [-0.2, 0) is 13.1 Å². The van der Waals surface area contributed by atoms with Crippen molar-refractivity contribution in [2.75, 3.05) is 7.05 Å². The summed E-state index contributed by atoms with van der Waals surface area (Å²) in [6, 6.07) is 3.65. The highest BCUT2D eigenvalue weighted by molar-refractivity contribution is 5.86. The Kier molecular flexibility index (Phi) is 3.53. The monoisotopic (exact) mass is 249 g/mol. The third kappa shape index (κ3) is 2.81. The smallest absolute Gasteiger partial charge is 0.372 e. The van der Waals surface area contributed by atoms with Crippen LogP contribution in [0.5, 0.6) is 0 Å². The summed E-state index contributed by atoms with van der Waals surface area (Å²) in [5.74, 6) is -0.367. The van der Waals surface area contributed by atoms with Crippen LogP contribution in [0.1, 0.15) is 27.4 Å². The summed E-state index contributed by atoms with van der Waals surface area (Å²) < 4.78 is 10.3. The van der Waals surface area contributed by atoms with Gasteiger partial charge in [-0.05, 0) is 26.1 Å². The molecule has 0 atom stereocenters. The van der Waals surface area contributed by atoms with Gasteiger partial charge in [0.05, 0.1) is 19.1 Å². The SMILES string of the molecule is Cc1cc(CN(C)Cc2ccoc2)oc1C(=O)O. The van der Waals surface area contributed by atoms with Crippen LogP contribution in [0.15, 0.2) is 33.5 Å². The van der Waals surface area contributed by atoms with Crippen molar-refractivity contribution >= 4 is 5.97 Å². The maximum absolute atomic E-state index is 10.9. The number of rotatable bonds is 5. The number of aryl methyl sites for hydroxylation is 1. The molecule has 0 saturated heterocycles. The summed E-state index contributed by atoms with van der Waals surface area (Å²) in [5, 5.41) is 8.90. The van der Waals surface area contributed by atoms with Crippen molar-refractivity contribution in [1.29, 1.82) is 0 Å². The summed E-state index contributed by atoms with van der Waals surface area (Å²) in [6.45, 7) is 3.00. The van der Waals surface area contributed by atoms with E-state index in [9.17, 15) is 4.79 Å². The molecule has 0 aromatic carbocycles. The van der Waals surface area contributed by atoms with Gasteiger partial charge in [-0.3, -0.25) is 4.90 Å². The Balaban J connectivity index is 2.01. The zero-order valence-electron chi connectivity index (χ0n) is 10.3. The van der Waals surface area contributed by atoms with Crippen molar-refractivity contribution in [2.45, 2.75) is 20.0 Å². The highest BCUT2D eigenvalue weighted by Crippen LogP contribution is 2.16. The molecule has 0 fully saturated rings. The molecule has 18 heavy (non-hydrogen) atoms. The Hall–Kier alpha value is -2.01. The number of furan rings is 2. The third-order valence-corrected chi connectivity index (χ3v) is 2.62. The van der Waals surface area contributed by atoms with Gasteiger partial charge in [-0.15, -0.1) is 0 Å². The van der Waals surface area contributed by atoms with E-state index in [0.29, 0.717) is 17.9 Å². The van der Waals surface area contributed by atoms with Crippen LogP contribution >= 0.6 is 0 Å². The van der Waals surface area contributed by atoms with Gasteiger partial charge in [-0.1, -0.05) is 0 Å². The number of hydrogen-bond donors (Lipinski definition) is 1. The topological polar surface area (TPSA) is 66.8 Å².